The number of halogens is 3. The summed E-state index contributed by atoms with van der Waals surface area (Å²) in [7, 11) is 1.36. The number of carbonyl (C=O) groups is 1. The van der Waals surface area contributed by atoms with Gasteiger partial charge in [0.25, 0.3) is 0 Å². The third kappa shape index (κ3) is 1.90. The molecule has 0 amide bonds. The molecule has 0 aliphatic rings. The summed E-state index contributed by atoms with van der Waals surface area (Å²) in [6.07, 6.45) is 0. The molecule has 0 bridgehead atoms. The first-order valence-electron chi connectivity index (χ1n) is 3.43. The van der Waals surface area contributed by atoms with Gasteiger partial charge in [-0.25, -0.2) is 4.79 Å². The lowest BCUT2D eigenvalue weighted by Crippen LogP contribution is -1.99. The molecule has 0 aliphatic heterocycles. The SMILES string of the molecule is COc1cc(C(=O)O)c(Cl)c(Cl)c1Cl. The lowest BCUT2D eigenvalue weighted by atomic mass is 10.2. The molecule has 1 aromatic rings. The van der Waals surface area contributed by atoms with Crippen LogP contribution in [0.4, 0.5) is 0 Å². The van der Waals surface area contributed by atoms with Gasteiger partial charge in [-0.15, -0.1) is 0 Å². The Hall–Kier alpha value is -0.640. The van der Waals surface area contributed by atoms with Crippen molar-refractivity contribution in [2.75, 3.05) is 7.11 Å². The van der Waals surface area contributed by atoms with Gasteiger partial charge in [0.2, 0.25) is 0 Å². The first-order chi connectivity index (χ1) is 6.49. The molecule has 0 fully saturated rings. The normalized spacial score (nSPS) is 10.0. The Balaban J connectivity index is 3.48. The van der Waals surface area contributed by atoms with Crippen LogP contribution in [0.5, 0.6) is 5.75 Å². The van der Waals surface area contributed by atoms with Gasteiger partial charge in [-0.2, -0.15) is 0 Å². The second kappa shape index (κ2) is 4.26. The molecule has 1 aromatic carbocycles. The monoisotopic (exact) mass is 254 g/mol. The molecular formula is C8H5Cl3O3. The molecule has 0 unspecified atom stereocenters. The van der Waals surface area contributed by atoms with Crippen LogP contribution in [-0.4, -0.2) is 18.2 Å². The van der Waals surface area contributed by atoms with Crippen molar-refractivity contribution in [3.8, 4) is 5.75 Å². The fourth-order valence-corrected chi connectivity index (χ4v) is 1.58. The molecule has 0 heterocycles. The fraction of sp³-hybridized carbons (Fsp3) is 0.125. The van der Waals surface area contributed by atoms with Crippen molar-refractivity contribution in [1.82, 2.24) is 0 Å². The Morgan fingerprint density at radius 1 is 1.29 bits per heavy atom. The van der Waals surface area contributed by atoms with Crippen LogP contribution in [0, 0.1) is 0 Å². The predicted octanol–water partition coefficient (Wildman–Crippen LogP) is 3.35. The van der Waals surface area contributed by atoms with Gasteiger partial charge >= 0.3 is 5.97 Å². The number of carboxylic acids is 1. The van der Waals surface area contributed by atoms with Gasteiger partial charge in [0, 0.05) is 0 Å². The van der Waals surface area contributed by atoms with E-state index in [9.17, 15) is 4.79 Å². The number of carboxylic acid groups (broad SMARTS) is 1. The Bertz CT molecular complexity index is 390. The zero-order valence-electron chi connectivity index (χ0n) is 6.97. The van der Waals surface area contributed by atoms with Crippen LogP contribution in [-0.2, 0) is 0 Å². The van der Waals surface area contributed by atoms with Crippen LogP contribution in [0.15, 0.2) is 6.07 Å². The van der Waals surface area contributed by atoms with Gasteiger partial charge in [-0.05, 0) is 6.07 Å². The van der Waals surface area contributed by atoms with E-state index in [1.165, 1.54) is 13.2 Å². The van der Waals surface area contributed by atoms with Crippen LogP contribution >= 0.6 is 34.8 Å². The molecule has 0 aromatic heterocycles. The molecule has 6 heteroatoms. The standard InChI is InChI=1S/C8H5Cl3O3/c1-14-4-2-3(8(12)13)5(9)7(11)6(4)10/h2H,1H3,(H,12,13). The van der Waals surface area contributed by atoms with Gasteiger partial charge in [0.1, 0.15) is 10.8 Å². The van der Waals surface area contributed by atoms with E-state index in [4.69, 9.17) is 44.6 Å². The molecule has 0 atom stereocenters. The van der Waals surface area contributed by atoms with Crippen LogP contribution < -0.4 is 4.74 Å². The summed E-state index contributed by atoms with van der Waals surface area (Å²) in [5, 5.41) is 8.74. The molecule has 0 aliphatic carbocycles. The first kappa shape index (κ1) is 11.4. The van der Waals surface area contributed by atoms with Crippen molar-refractivity contribution < 1.29 is 14.6 Å². The lowest BCUT2D eigenvalue weighted by molar-refractivity contribution is 0.0696. The maximum Gasteiger partial charge on any atom is 0.337 e. The van der Waals surface area contributed by atoms with Crippen LogP contribution in [0.25, 0.3) is 0 Å². The molecule has 3 nitrogen and oxygen atoms in total. The summed E-state index contributed by atoms with van der Waals surface area (Å²) in [6, 6.07) is 1.22. The van der Waals surface area contributed by atoms with Crippen LogP contribution in [0.1, 0.15) is 10.4 Å². The predicted molar refractivity (Wildman–Crippen MR) is 55.0 cm³/mol. The van der Waals surface area contributed by atoms with Crippen molar-refractivity contribution in [3.63, 3.8) is 0 Å². The third-order valence-corrected chi connectivity index (χ3v) is 2.90. The number of hydrogen-bond donors (Lipinski definition) is 1. The van der Waals surface area contributed by atoms with E-state index in [1.807, 2.05) is 0 Å². The average molecular weight is 255 g/mol. The number of aromatic carboxylic acids is 1. The largest absolute Gasteiger partial charge is 0.495 e. The Labute approximate surface area is 95.1 Å². The molecule has 0 radical (unpaired) electrons. The minimum absolute atomic E-state index is 0.0231. The molecule has 76 valence electrons. The quantitative estimate of drug-likeness (QED) is 0.824. The van der Waals surface area contributed by atoms with Gasteiger partial charge < -0.3 is 9.84 Å². The van der Waals surface area contributed by atoms with Crippen molar-refractivity contribution in [3.05, 3.63) is 26.7 Å². The second-order valence-electron chi connectivity index (χ2n) is 2.37. The Kier molecular flexibility index (Phi) is 3.48. The summed E-state index contributed by atoms with van der Waals surface area (Å²) in [5.41, 5.74) is -0.141. The Morgan fingerprint density at radius 3 is 2.29 bits per heavy atom. The van der Waals surface area contributed by atoms with E-state index < -0.39 is 5.97 Å². The van der Waals surface area contributed by atoms with Crippen molar-refractivity contribution in [1.29, 1.82) is 0 Å². The lowest BCUT2D eigenvalue weighted by Gasteiger charge is -2.08. The highest BCUT2D eigenvalue weighted by molar-refractivity contribution is 6.49. The molecule has 14 heavy (non-hydrogen) atoms. The maximum absolute atomic E-state index is 10.7. The van der Waals surface area contributed by atoms with Gasteiger partial charge in [-0.1, -0.05) is 34.8 Å². The van der Waals surface area contributed by atoms with E-state index in [-0.39, 0.29) is 26.4 Å². The number of hydrogen-bond acceptors (Lipinski definition) is 2. The summed E-state index contributed by atoms with van der Waals surface area (Å²) in [5.74, 6) is -1.01. The van der Waals surface area contributed by atoms with E-state index in [1.54, 1.807) is 0 Å². The number of methoxy groups -OCH3 is 1. The summed E-state index contributed by atoms with van der Waals surface area (Å²) in [6.45, 7) is 0. The van der Waals surface area contributed by atoms with E-state index in [2.05, 4.69) is 0 Å². The summed E-state index contributed by atoms with van der Waals surface area (Å²) in [4.78, 5) is 10.7. The zero-order valence-corrected chi connectivity index (χ0v) is 9.24. The van der Waals surface area contributed by atoms with Gasteiger partial charge in [0.05, 0.1) is 22.7 Å². The van der Waals surface area contributed by atoms with E-state index in [0.29, 0.717) is 0 Å². The van der Waals surface area contributed by atoms with Crippen molar-refractivity contribution in [2.45, 2.75) is 0 Å². The maximum atomic E-state index is 10.7. The first-order valence-corrected chi connectivity index (χ1v) is 4.57. The average Bonchev–Trinajstić information content (AvgIpc) is 2.14. The molecule has 0 saturated carbocycles. The highest BCUT2D eigenvalue weighted by Crippen LogP contribution is 2.39. The molecule has 0 spiro atoms. The van der Waals surface area contributed by atoms with E-state index in [0.717, 1.165) is 0 Å². The van der Waals surface area contributed by atoms with Gasteiger partial charge in [-0.3, -0.25) is 0 Å². The minimum atomic E-state index is -1.19. The van der Waals surface area contributed by atoms with Crippen LogP contribution in [0.3, 0.4) is 0 Å². The second-order valence-corrected chi connectivity index (χ2v) is 3.51. The topological polar surface area (TPSA) is 46.5 Å². The van der Waals surface area contributed by atoms with Crippen molar-refractivity contribution in [2.24, 2.45) is 0 Å². The molecule has 1 rings (SSSR count). The summed E-state index contributed by atoms with van der Waals surface area (Å²) >= 11 is 17.1. The number of rotatable bonds is 2. The number of ether oxygens (including phenoxy) is 1. The smallest absolute Gasteiger partial charge is 0.337 e. The van der Waals surface area contributed by atoms with Crippen LogP contribution in [0.2, 0.25) is 15.1 Å². The molecule has 1 N–H and O–H groups in total. The fourth-order valence-electron chi connectivity index (χ4n) is 0.885. The van der Waals surface area contributed by atoms with E-state index >= 15 is 0 Å². The summed E-state index contributed by atoms with van der Waals surface area (Å²) < 4.78 is 4.83. The Morgan fingerprint density at radius 2 is 1.86 bits per heavy atom. The highest BCUT2D eigenvalue weighted by Gasteiger charge is 2.18. The van der Waals surface area contributed by atoms with Crippen molar-refractivity contribution >= 4 is 40.8 Å². The third-order valence-electron chi connectivity index (χ3n) is 1.56. The molecular weight excluding hydrogens is 250 g/mol. The minimum Gasteiger partial charge on any atom is -0.495 e. The zero-order chi connectivity index (χ0) is 10.9. The highest BCUT2D eigenvalue weighted by atomic mass is 35.5. The van der Waals surface area contributed by atoms with Gasteiger partial charge in [0.15, 0.2) is 0 Å². The molecule has 0 saturated heterocycles. The number of benzene rings is 1.